The van der Waals surface area contributed by atoms with Crippen LogP contribution >= 0.6 is 27.3 Å². The van der Waals surface area contributed by atoms with Crippen LogP contribution in [0.4, 0.5) is 0 Å². The second kappa shape index (κ2) is 5.27. The van der Waals surface area contributed by atoms with Crippen molar-refractivity contribution >= 4 is 37.5 Å². The SMILES string of the molecule is CCBr.c1ccc2scnc2c1. The molecular formula is C9H10BrNS. The fourth-order valence-electron chi connectivity index (χ4n) is 0.803. The molecule has 0 bridgehead atoms. The average Bonchev–Trinajstić information content (AvgIpc) is 2.52. The van der Waals surface area contributed by atoms with Crippen molar-refractivity contribution in [3.8, 4) is 0 Å². The summed E-state index contributed by atoms with van der Waals surface area (Å²) in [7, 11) is 0. The molecule has 1 nitrogen and oxygen atoms in total. The van der Waals surface area contributed by atoms with Crippen LogP contribution < -0.4 is 0 Å². The Hall–Kier alpha value is -0.410. The Balaban J connectivity index is 0.000000213. The lowest BCUT2D eigenvalue weighted by atomic mass is 10.3. The van der Waals surface area contributed by atoms with E-state index in [2.05, 4.69) is 27.0 Å². The quantitative estimate of drug-likeness (QED) is 0.644. The van der Waals surface area contributed by atoms with E-state index in [0.717, 1.165) is 10.8 Å². The lowest BCUT2D eigenvalue weighted by molar-refractivity contribution is 1.50. The molecule has 0 saturated carbocycles. The Bertz CT molecular complexity index is 302. The van der Waals surface area contributed by atoms with Crippen LogP contribution in [-0.2, 0) is 0 Å². The fraction of sp³-hybridized carbons (Fsp3) is 0.222. The monoisotopic (exact) mass is 243 g/mol. The second-order valence-corrected chi connectivity index (χ2v) is 4.10. The molecule has 12 heavy (non-hydrogen) atoms. The predicted octanol–water partition coefficient (Wildman–Crippen LogP) is 3.70. The number of alkyl halides is 1. The first kappa shape index (κ1) is 9.68. The van der Waals surface area contributed by atoms with Gasteiger partial charge in [-0.3, -0.25) is 0 Å². The van der Waals surface area contributed by atoms with Gasteiger partial charge in [-0.25, -0.2) is 4.98 Å². The maximum absolute atomic E-state index is 4.14. The molecule has 0 amide bonds. The van der Waals surface area contributed by atoms with E-state index >= 15 is 0 Å². The molecule has 0 unspecified atom stereocenters. The first-order valence-corrected chi connectivity index (χ1v) is 5.72. The molecule has 2 aromatic rings. The molecule has 0 radical (unpaired) electrons. The summed E-state index contributed by atoms with van der Waals surface area (Å²) < 4.78 is 1.26. The molecule has 1 aromatic heterocycles. The maximum atomic E-state index is 4.14. The van der Waals surface area contributed by atoms with Gasteiger partial charge in [0.25, 0.3) is 0 Å². The molecule has 1 heterocycles. The van der Waals surface area contributed by atoms with Gasteiger partial charge in [0.2, 0.25) is 0 Å². The number of halogens is 1. The highest BCUT2D eigenvalue weighted by Gasteiger charge is 1.89. The zero-order valence-corrected chi connectivity index (χ0v) is 9.23. The van der Waals surface area contributed by atoms with E-state index < -0.39 is 0 Å². The first-order chi connectivity index (χ1) is 5.88. The molecule has 1 aromatic carbocycles. The van der Waals surface area contributed by atoms with E-state index in [0.29, 0.717) is 0 Å². The Morgan fingerprint density at radius 2 is 2.08 bits per heavy atom. The van der Waals surface area contributed by atoms with Gasteiger partial charge in [-0.1, -0.05) is 35.0 Å². The van der Waals surface area contributed by atoms with Gasteiger partial charge < -0.3 is 0 Å². The fourth-order valence-corrected chi connectivity index (χ4v) is 1.48. The van der Waals surface area contributed by atoms with Gasteiger partial charge >= 0.3 is 0 Å². The Morgan fingerprint density at radius 3 is 2.75 bits per heavy atom. The van der Waals surface area contributed by atoms with Gasteiger partial charge in [0.15, 0.2) is 0 Å². The first-order valence-electron chi connectivity index (χ1n) is 3.72. The third-order valence-corrected chi connectivity index (χ3v) is 2.05. The number of fused-ring (bicyclic) bond motifs is 1. The molecule has 0 aliphatic heterocycles. The lowest BCUT2D eigenvalue weighted by Gasteiger charge is -1.80. The summed E-state index contributed by atoms with van der Waals surface area (Å²) in [5.41, 5.74) is 2.97. The van der Waals surface area contributed by atoms with Crippen LogP contribution in [0.15, 0.2) is 29.8 Å². The van der Waals surface area contributed by atoms with Crippen LogP contribution in [0.25, 0.3) is 10.2 Å². The highest BCUT2D eigenvalue weighted by Crippen LogP contribution is 2.15. The predicted molar refractivity (Wildman–Crippen MR) is 59.1 cm³/mol. The number of hydrogen-bond acceptors (Lipinski definition) is 2. The van der Waals surface area contributed by atoms with Gasteiger partial charge in [0.1, 0.15) is 0 Å². The van der Waals surface area contributed by atoms with Crippen molar-refractivity contribution in [1.82, 2.24) is 4.98 Å². The number of rotatable bonds is 0. The van der Waals surface area contributed by atoms with Gasteiger partial charge in [0.05, 0.1) is 15.7 Å². The number of aromatic nitrogens is 1. The molecule has 0 atom stereocenters. The molecule has 0 fully saturated rings. The number of hydrogen-bond donors (Lipinski definition) is 0. The standard InChI is InChI=1S/C7H5NS.C2H5Br/c1-2-4-7-6(3-1)8-5-9-7;1-2-3/h1-5H;2H2,1H3. The van der Waals surface area contributed by atoms with Crippen LogP contribution in [0, 0.1) is 0 Å². The summed E-state index contributed by atoms with van der Waals surface area (Å²) in [5.74, 6) is 0. The number of thiazole rings is 1. The summed E-state index contributed by atoms with van der Waals surface area (Å²) >= 11 is 4.82. The summed E-state index contributed by atoms with van der Waals surface area (Å²) in [5, 5.41) is 1.06. The smallest absolute Gasteiger partial charge is 0.0812 e. The van der Waals surface area contributed by atoms with E-state index in [1.54, 1.807) is 11.3 Å². The van der Waals surface area contributed by atoms with Gasteiger partial charge in [-0.15, -0.1) is 11.3 Å². The van der Waals surface area contributed by atoms with E-state index in [1.807, 2.05) is 30.6 Å². The van der Waals surface area contributed by atoms with E-state index in [-0.39, 0.29) is 0 Å². The van der Waals surface area contributed by atoms with E-state index in [1.165, 1.54) is 4.70 Å². The lowest BCUT2D eigenvalue weighted by Crippen LogP contribution is -1.61. The van der Waals surface area contributed by atoms with Gasteiger partial charge in [-0.2, -0.15) is 0 Å². The maximum Gasteiger partial charge on any atom is 0.0812 e. The van der Waals surface area contributed by atoms with Crippen molar-refractivity contribution < 1.29 is 0 Å². The third-order valence-electron chi connectivity index (χ3n) is 1.24. The number of para-hydroxylation sites is 1. The molecular weight excluding hydrogens is 234 g/mol. The minimum Gasteiger partial charge on any atom is -0.245 e. The van der Waals surface area contributed by atoms with Crippen LogP contribution in [-0.4, -0.2) is 10.3 Å². The number of benzene rings is 1. The highest BCUT2D eigenvalue weighted by molar-refractivity contribution is 9.09. The zero-order valence-electron chi connectivity index (χ0n) is 6.83. The minimum absolute atomic E-state index is 1.06. The second-order valence-electron chi connectivity index (χ2n) is 2.09. The topological polar surface area (TPSA) is 12.9 Å². The van der Waals surface area contributed by atoms with Crippen molar-refractivity contribution in [2.75, 3.05) is 5.33 Å². The molecule has 0 aliphatic rings. The van der Waals surface area contributed by atoms with Gasteiger partial charge in [-0.05, 0) is 12.1 Å². The van der Waals surface area contributed by atoms with Crippen LogP contribution in [0.5, 0.6) is 0 Å². The molecule has 0 aliphatic carbocycles. The zero-order chi connectivity index (χ0) is 8.81. The third kappa shape index (κ3) is 2.57. The van der Waals surface area contributed by atoms with Crippen LogP contribution in [0.2, 0.25) is 0 Å². The molecule has 64 valence electrons. The van der Waals surface area contributed by atoms with Crippen molar-refractivity contribution in [1.29, 1.82) is 0 Å². The van der Waals surface area contributed by atoms with Crippen molar-refractivity contribution in [3.05, 3.63) is 29.8 Å². The summed E-state index contributed by atoms with van der Waals surface area (Å²) in [4.78, 5) is 4.14. The highest BCUT2D eigenvalue weighted by atomic mass is 79.9. The number of nitrogens with zero attached hydrogens (tertiary/aromatic N) is 1. The Morgan fingerprint density at radius 1 is 1.42 bits per heavy atom. The average molecular weight is 244 g/mol. The van der Waals surface area contributed by atoms with Crippen molar-refractivity contribution in [3.63, 3.8) is 0 Å². The summed E-state index contributed by atoms with van der Waals surface area (Å²) in [6.45, 7) is 2.04. The molecule has 2 rings (SSSR count). The largest absolute Gasteiger partial charge is 0.245 e. The molecule has 0 spiro atoms. The Labute approximate surface area is 84.6 Å². The van der Waals surface area contributed by atoms with Crippen LogP contribution in [0.3, 0.4) is 0 Å². The minimum atomic E-state index is 1.06. The molecule has 0 saturated heterocycles. The molecule has 3 heteroatoms. The summed E-state index contributed by atoms with van der Waals surface area (Å²) in [6, 6.07) is 8.13. The van der Waals surface area contributed by atoms with E-state index in [9.17, 15) is 0 Å². The van der Waals surface area contributed by atoms with Crippen LogP contribution in [0.1, 0.15) is 6.92 Å². The van der Waals surface area contributed by atoms with Gasteiger partial charge in [0, 0.05) is 5.33 Å². The van der Waals surface area contributed by atoms with Crippen molar-refractivity contribution in [2.45, 2.75) is 6.92 Å². The normalized spacial score (nSPS) is 9.17. The van der Waals surface area contributed by atoms with E-state index in [4.69, 9.17) is 0 Å². The Kier molecular flexibility index (Phi) is 4.25. The summed E-state index contributed by atoms with van der Waals surface area (Å²) in [6.07, 6.45) is 0. The van der Waals surface area contributed by atoms with Crippen molar-refractivity contribution in [2.24, 2.45) is 0 Å². The molecule has 0 N–H and O–H groups in total.